The molecule has 27 heavy (non-hydrogen) atoms. The summed E-state index contributed by atoms with van der Waals surface area (Å²) < 4.78 is 0. The van der Waals surface area contributed by atoms with Gasteiger partial charge in [0.2, 0.25) is 11.8 Å². The number of carbonyl (C=O) groups excluding carboxylic acids is 3. The molecule has 0 spiro atoms. The van der Waals surface area contributed by atoms with Crippen LogP contribution in [0.15, 0.2) is 18.2 Å². The first kappa shape index (κ1) is 21.5. The van der Waals surface area contributed by atoms with E-state index < -0.39 is 6.04 Å². The zero-order valence-electron chi connectivity index (χ0n) is 14.8. The van der Waals surface area contributed by atoms with E-state index in [1.165, 1.54) is 0 Å². The highest BCUT2D eigenvalue weighted by Crippen LogP contribution is 2.31. The van der Waals surface area contributed by atoms with Gasteiger partial charge in [0.05, 0.1) is 0 Å². The highest BCUT2D eigenvalue weighted by molar-refractivity contribution is 6.05. The van der Waals surface area contributed by atoms with E-state index >= 15 is 0 Å². The van der Waals surface area contributed by atoms with Crippen LogP contribution in [0.2, 0.25) is 0 Å². The summed E-state index contributed by atoms with van der Waals surface area (Å²) in [5.74, 6) is -0.768. The predicted octanol–water partition coefficient (Wildman–Crippen LogP) is 1.22. The van der Waals surface area contributed by atoms with Crippen LogP contribution in [0.5, 0.6) is 0 Å². The Hall–Kier alpha value is -1.83. The molecule has 2 saturated heterocycles. The van der Waals surface area contributed by atoms with Crippen molar-refractivity contribution in [1.29, 1.82) is 0 Å². The summed E-state index contributed by atoms with van der Waals surface area (Å²) in [5, 5.41) is 2.33. The maximum absolute atomic E-state index is 12.7. The first-order chi connectivity index (χ1) is 12.0. The zero-order valence-corrected chi connectivity index (χ0v) is 16.5. The van der Waals surface area contributed by atoms with E-state index in [-0.39, 0.29) is 55.0 Å². The van der Waals surface area contributed by atoms with E-state index in [0.29, 0.717) is 18.5 Å². The molecule has 0 saturated carbocycles. The van der Waals surface area contributed by atoms with Gasteiger partial charge in [-0.15, -0.1) is 24.8 Å². The Bertz CT molecular complexity index is 750. The molecule has 1 unspecified atom stereocenters. The van der Waals surface area contributed by atoms with Crippen LogP contribution in [0.25, 0.3) is 0 Å². The number of imide groups is 1. The van der Waals surface area contributed by atoms with Gasteiger partial charge in [-0.2, -0.15) is 0 Å². The van der Waals surface area contributed by atoms with Crippen molar-refractivity contribution in [3.63, 3.8) is 0 Å². The van der Waals surface area contributed by atoms with Crippen molar-refractivity contribution in [2.75, 3.05) is 18.0 Å². The van der Waals surface area contributed by atoms with Crippen LogP contribution in [0, 0.1) is 0 Å². The number of nitrogens with zero attached hydrogens (tertiary/aromatic N) is 2. The molecular weight excluding hydrogens is 391 g/mol. The predicted molar refractivity (Wildman–Crippen MR) is 106 cm³/mol. The number of nitrogens with one attached hydrogen (secondary N) is 1. The van der Waals surface area contributed by atoms with Crippen LogP contribution >= 0.6 is 24.8 Å². The molecule has 4 rings (SSSR count). The average Bonchev–Trinajstić information content (AvgIpc) is 2.92. The fourth-order valence-corrected chi connectivity index (χ4v) is 3.92. The van der Waals surface area contributed by atoms with Crippen molar-refractivity contribution >= 4 is 48.2 Å². The highest BCUT2D eigenvalue weighted by atomic mass is 35.5. The number of nitrogens with two attached hydrogens (primary N) is 1. The third-order valence-corrected chi connectivity index (χ3v) is 5.41. The van der Waals surface area contributed by atoms with Gasteiger partial charge < -0.3 is 15.5 Å². The second-order valence-electron chi connectivity index (χ2n) is 7.07. The number of hydrogen-bond donors (Lipinski definition) is 2. The number of rotatable bonds is 2. The Morgan fingerprint density at radius 1 is 1.04 bits per heavy atom. The quantitative estimate of drug-likeness (QED) is 0.709. The molecule has 3 aliphatic heterocycles. The van der Waals surface area contributed by atoms with Gasteiger partial charge in [0.1, 0.15) is 6.04 Å². The third kappa shape index (κ3) is 4.05. The smallest absolute Gasteiger partial charge is 0.255 e. The second-order valence-corrected chi connectivity index (χ2v) is 7.07. The molecular formula is C18H24Cl2N4O3. The summed E-state index contributed by atoms with van der Waals surface area (Å²) >= 11 is 0. The van der Waals surface area contributed by atoms with E-state index in [1.54, 1.807) is 4.90 Å². The number of fused-ring (bicyclic) bond motifs is 1. The molecule has 3 heterocycles. The van der Waals surface area contributed by atoms with Crippen molar-refractivity contribution < 1.29 is 14.4 Å². The van der Waals surface area contributed by atoms with Gasteiger partial charge in [-0.05, 0) is 43.0 Å². The number of piperidine rings is 2. The van der Waals surface area contributed by atoms with Gasteiger partial charge in [0, 0.05) is 43.3 Å². The first-order valence-corrected chi connectivity index (χ1v) is 8.81. The number of halogens is 2. The van der Waals surface area contributed by atoms with Gasteiger partial charge in [-0.1, -0.05) is 0 Å². The van der Waals surface area contributed by atoms with E-state index in [9.17, 15) is 14.4 Å². The van der Waals surface area contributed by atoms with E-state index in [0.717, 1.165) is 37.2 Å². The maximum Gasteiger partial charge on any atom is 0.255 e. The largest absolute Gasteiger partial charge is 0.371 e. The molecule has 3 N–H and O–H groups in total. The minimum atomic E-state index is -0.561. The van der Waals surface area contributed by atoms with Gasteiger partial charge in [-0.25, -0.2) is 0 Å². The number of anilines is 1. The summed E-state index contributed by atoms with van der Waals surface area (Å²) in [6, 6.07) is 5.59. The SMILES string of the molecule is Cl.Cl.NC1CCN(c2ccc3c(c2)CN(C2CCC(=O)NC2=O)C3=O)CC1. The second kappa shape index (κ2) is 8.46. The summed E-state index contributed by atoms with van der Waals surface area (Å²) in [6.07, 6.45) is 2.61. The summed E-state index contributed by atoms with van der Waals surface area (Å²) in [6.45, 7) is 2.26. The van der Waals surface area contributed by atoms with Gasteiger partial charge in [0.15, 0.2) is 0 Å². The fourth-order valence-electron chi connectivity index (χ4n) is 3.92. The molecule has 1 atom stereocenters. The van der Waals surface area contributed by atoms with E-state index in [2.05, 4.69) is 16.3 Å². The van der Waals surface area contributed by atoms with Crippen molar-refractivity contribution in [1.82, 2.24) is 10.2 Å². The normalized spacial score (nSPS) is 22.7. The molecule has 1 aromatic carbocycles. The number of amides is 3. The topological polar surface area (TPSA) is 95.7 Å². The zero-order chi connectivity index (χ0) is 17.6. The fraction of sp³-hybridized carbons (Fsp3) is 0.500. The molecule has 0 radical (unpaired) electrons. The van der Waals surface area contributed by atoms with Crippen LogP contribution < -0.4 is 16.0 Å². The Kier molecular flexibility index (Phi) is 6.72. The molecule has 148 valence electrons. The Balaban J connectivity index is 0.00000131. The summed E-state index contributed by atoms with van der Waals surface area (Å²) in [7, 11) is 0. The molecule has 9 heteroatoms. The minimum Gasteiger partial charge on any atom is -0.371 e. The van der Waals surface area contributed by atoms with Crippen LogP contribution in [0.4, 0.5) is 5.69 Å². The molecule has 2 fully saturated rings. The average molecular weight is 415 g/mol. The van der Waals surface area contributed by atoms with Crippen molar-refractivity contribution in [3.8, 4) is 0 Å². The van der Waals surface area contributed by atoms with E-state index in [1.807, 2.05) is 12.1 Å². The number of benzene rings is 1. The molecule has 0 aromatic heterocycles. The molecule has 3 amide bonds. The van der Waals surface area contributed by atoms with Crippen LogP contribution in [-0.4, -0.2) is 47.8 Å². The summed E-state index contributed by atoms with van der Waals surface area (Å²) in [4.78, 5) is 40.0. The Morgan fingerprint density at radius 2 is 1.74 bits per heavy atom. The lowest BCUT2D eigenvalue weighted by atomic mass is 10.0. The summed E-state index contributed by atoms with van der Waals surface area (Å²) in [5.41, 5.74) is 8.67. The molecule has 1 aromatic rings. The van der Waals surface area contributed by atoms with Crippen LogP contribution in [0.1, 0.15) is 41.6 Å². The standard InChI is InChI=1S/C18H22N4O3.2ClH/c19-12-5-7-21(8-6-12)13-1-2-14-11(9-13)10-22(18(14)25)15-3-4-16(23)20-17(15)24;;/h1-2,9,12,15H,3-8,10,19H2,(H,20,23,24);2*1H. The maximum atomic E-state index is 12.7. The lowest BCUT2D eigenvalue weighted by molar-refractivity contribution is -0.136. The lowest BCUT2D eigenvalue weighted by Gasteiger charge is -2.32. The van der Waals surface area contributed by atoms with Crippen molar-refractivity contribution in [2.45, 2.75) is 44.3 Å². The Morgan fingerprint density at radius 3 is 2.41 bits per heavy atom. The number of carbonyl (C=O) groups is 3. The highest BCUT2D eigenvalue weighted by Gasteiger charge is 2.39. The van der Waals surface area contributed by atoms with Gasteiger partial charge in [-0.3, -0.25) is 19.7 Å². The first-order valence-electron chi connectivity index (χ1n) is 8.81. The van der Waals surface area contributed by atoms with Gasteiger partial charge >= 0.3 is 0 Å². The lowest BCUT2D eigenvalue weighted by Crippen LogP contribution is -2.52. The van der Waals surface area contributed by atoms with Crippen molar-refractivity contribution in [3.05, 3.63) is 29.3 Å². The van der Waals surface area contributed by atoms with Crippen LogP contribution in [-0.2, 0) is 16.1 Å². The molecule has 3 aliphatic rings. The van der Waals surface area contributed by atoms with Gasteiger partial charge in [0.25, 0.3) is 5.91 Å². The minimum absolute atomic E-state index is 0. The van der Waals surface area contributed by atoms with E-state index in [4.69, 9.17) is 5.73 Å². The Labute approximate surface area is 170 Å². The van der Waals surface area contributed by atoms with Crippen molar-refractivity contribution in [2.24, 2.45) is 5.73 Å². The third-order valence-electron chi connectivity index (χ3n) is 5.41. The monoisotopic (exact) mass is 414 g/mol. The molecule has 0 bridgehead atoms. The molecule has 7 nitrogen and oxygen atoms in total. The number of hydrogen-bond acceptors (Lipinski definition) is 5. The molecule has 0 aliphatic carbocycles. The van der Waals surface area contributed by atoms with Crippen LogP contribution in [0.3, 0.4) is 0 Å².